The minimum Gasteiger partial charge on any atom is -0.487 e. The Kier molecular flexibility index (Phi) is 5.62. The standard InChI is InChI=1S/C16H21NO2S4/c18-13(8-17-7-12-3-4-20-22-12)14-2-1-10-6-16-11(9-21-23-16)5-15(10)19-14/h5-6,12-14,17-18H,1-4,7-9H2. The third-order valence-corrected chi connectivity index (χ3v) is 9.76. The van der Waals surface area contributed by atoms with Gasteiger partial charge in [-0.2, -0.15) is 0 Å². The van der Waals surface area contributed by atoms with E-state index < -0.39 is 6.10 Å². The van der Waals surface area contributed by atoms with Crippen LogP contribution < -0.4 is 10.1 Å². The topological polar surface area (TPSA) is 41.5 Å². The van der Waals surface area contributed by atoms with E-state index in [-0.39, 0.29) is 6.10 Å². The van der Waals surface area contributed by atoms with Gasteiger partial charge in [0, 0.05) is 34.7 Å². The van der Waals surface area contributed by atoms with Gasteiger partial charge < -0.3 is 15.2 Å². The van der Waals surface area contributed by atoms with Crippen molar-refractivity contribution < 1.29 is 9.84 Å². The van der Waals surface area contributed by atoms with Crippen LogP contribution in [0, 0.1) is 0 Å². The van der Waals surface area contributed by atoms with Crippen molar-refractivity contribution in [1.82, 2.24) is 5.32 Å². The van der Waals surface area contributed by atoms with Crippen molar-refractivity contribution in [3.05, 3.63) is 23.3 Å². The molecule has 2 N–H and O–H groups in total. The summed E-state index contributed by atoms with van der Waals surface area (Å²) in [6.45, 7) is 1.61. The van der Waals surface area contributed by atoms with Gasteiger partial charge in [-0.05, 0) is 42.5 Å². The number of ether oxygens (including phenoxy) is 1. The number of aliphatic hydroxyl groups excluding tert-OH is 1. The van der Waals surface area contributed by atoms with Gasteiger partial charge in [-0.3, -0.25) is 0 Å². The average Bonchev–Trinajstić information content (AvgIpc) is 3.23. The molecule has 1 saturated heterocycles. The second kappa shape index (κ2) is 7.70. The predicted molar refractivity (Wildman–Crippen MR) is 104 cm³/mol. The molecular formula is C16H21NO2S4. The highest BCUT2D eigenvalue weighted by atomic mass is 33.1. The molecule has 3 aliphatic rings. The number of benzene rings is 1. The van der Waals surface area contributed by atoms with Crippen LogP contribution in [0.4, 0.5) is 0 Å². The molecule has 1 fully saturated rings. The largest absolute Gasteiger partial charge is 0.487 e. The number of nitrogens with one attached hydrogen (secondary N) is 1. The zero-order valence-electron chi connectivity index (χ0n) is 12.8. The number of aliphatic hydroxyl groups is 1. The molecule has 3 heterocycles. The molecule has 0 bridgehead atoms. The van der Waals surface area contributed by atoms with E-state index in [0.717, 1.165) is 30.9 Å². The number of aryl methyl sites for hydroxylation is 1. The first-order valence-electron chi connectivity index (χ1n) is 8.08. The van der Waals surface area contributed by atoms with Gasteiger partial charge in [-0.1, -0.05) is 43.2 Å². The smallest absolute Gasteiger partial charge is 0.126 e. The zero-order valence-corrected chi connectivity index (χ0v) is 16.1. The molecule has 3 unspecified atom stereocenters. The maximum Gasteiger partial charge on any atom is 0.126 e. The van der Waals surface area contributed by atoms with Gasteiger partial charge in [0.2, 0.25) is 0 Å². The van der Waals surface area contributed by atoms with Crippen LogP contribution in [0.1, 0.15) is 24.0 Å². The Bertz CT molecular complexity index is 565. The molecule has 7 heteroatoms. The molecule has 23 heavy (non-hydrogen) atoms. The lowest BCUT2D eigenvalue weighted by Crippen LogP contribution is -2.42. The minimum atomic E-state index is -0.431. The van der Waals surface area contributed by atoms with Crippen molar-refractivity contribution >= 4 is 43.2 Å². The molecule has 126 valence electrons. The lowest BCUT2D eigenvalue weighted by Gasteiger charge is -2.30. The lowest BCUT2D eigenvalue weighted by atomic mass is 9.98. The van der Waals surface area contributed by atoms with E-state index in [4.69, 9.17) is 4.74 Å². The highest BCUT2D eigenvalue weighted by Gasteiger charge is 2.28. The van der Waals surface area contributed by atoms with Gasteiger partial charge in [0.1, 0.15) is 18.0 Å². The molecule has 0 saturated carbocycles. The summed E-state index contributed by atoms with van der Waals surface area (Å²) in [4.78, 5) is 1.39. The number of hydrogen-bond acceptors (Lipinski definition) is 7. The van der Waals surface area contributed by atoms with Crippen LogP contribution in [0.2, 0.25) is 0 Å². The second-order valence-corrected chi connectivity index (χ2v) is 11.3. The SMILES string of the molecule is OC(CNCC1CCSS1)C1CCc2cc3c(cc2O1)CSS3. The molecule has 3 aliphatic heterocycles. The van der Waals surface area contributed by atoms with E-state index in [1.807, 2.05) is 43.2 Å². The van der Waals surface area contributed by atoms with Crippen LogP contribution in [0.25, 0.3) is 0 Å². The fourth-order valence-electron chi connectivity index (χ4n) is 3.12. The van der Waals surface area contributed by atoms with Gasteiger partial charge >= 0.3 is 0 Å². The number of fused-ring (bicyclic) bond motifs is 2. The van der Waals surface area contributed by atoms with Crippen molar-refractivity contribution in [3.63, 3.8) is 0 Å². The van der Waals surface area contributed by atoms with Gasteiger partial charge in [0.25, 0.3) is 0 Å². The maximum atomic E-state index is 10.5. The van der Waals surface area contributed by atoms with E-state index in [1.165, 1.54) is 28.2 Å². The molecule has 3 atom stereocenters. The fourth-order valence-corrected chi connectivity index (χ4v) is 8.46. The van der Waals surface area contributed by atoms with Crippen molar-refractivity contribution in [2.24, 2.45) is 0 Å². The first kappa shape index (κ1) is 16.8. The number of rotatable bonds is 5. The highest BCUT2D eigenvalue weighted by molar-refractivity contribution is 8.77. The van der Waals surface area contributed by atoms with Crippen molar-refractivity contribution in [2.75, 3.05) is 18.8 Å². The van der Waals surface area contributed by atoms with Crippen LogP contribution in [0.5, 0.6) is 5.75 Å². The Balaban J connectivity index is 1.32. The molecular weight excluding hydrogens is 366 g/mol. The Morgan fingerprint density at radius 2 is 2.22 bits per heavy atom. The van der Waals surface area contributed by atoms with E-state index in [1.54, 1.807) is 0 Å². The van der Waals surface area contributed by atoms with Crippen LogP contribution >= 0.6 is 43.2 Å². The summed E-state index contributed by atoms with van der Waals surface area (Å²) in [6.07, 6.45) is 2.66. The summed E-state index contributed by atoms with van der Waals surface area (Å²) in [5, 5.41) is 14.6. The quantitative estimate of drug-likeness (QED) is 0.746. The zero-order chi connectivity index (χ0) is 15.6. The molecule has 1 aromatic rings. The van der Waals surface area contributed by atoms with Gasteiger partial charge in [-0.15, -0.1) is 0 Å². The Hall–Kier alpha value is 0.340. The van der Waals surface area contributed by atoms with Gasteiger partial charge in [0.05, 0.1) is 0 Å². The lowest BCUT2D eigenvalue weighted by molar-refractivity contribution is 0.0246. The Labute approximate surface area is 153 Å². The molecule has 0 aliphatic carbocycles. The second-order valence-electron chi connectivity index (χ2n) is 6.16. The van der Waals surface area contributed by atoms with Crippen molar-refractivity contribution in [2.45, 2.75) is 47.4 Å². The van der Waals surface area contributed by atoms with E-state index in [2.05, 4.69) is 17.4 Å². The van der Waals surface area contributed by atoms with Crippen LogP contribution in [-0.4, -0.2) is 41.4 Å². The predicted octanol–water partition coefficient (Wildman–Crippen LogP) is 3.74. The normalized spacial score (nSPS) is 27.3. The Morgan fingerprint density at radius 3 is 3.09 bits per heavy atom. The molecule has 0 amide bonds. The number of hydrogen-bond donors (Lipinski definition) is 2. The highest BCUT2D eigenvalue weighted by Crippen LogP contribution is 2.47. The third-order valence-electron chi connectivity index (χ3n) is 4.47. The summed E-state index contributed by atoms with van der Waals surface area (Å²) in [7, 11) is 7.68. The van der Waals surface area contributed by atoms with E-state index >= 15 is 0 Å². The van der Waals surface area contributed by atoms with Crippen LogP contribution in [0.15, 0.2) is 17.0 Å². The van der Waals surface area contributed by atoms with Crippen LogP contribution in [-0.2, 0) is 12.2 Å². The molecule has 0 spiro atoms. The van der Waals surface area contributed by atoms with E-state index in [9.17, 15) is 5.11 Å². The first-order chi connectivity index (χ1) is 11.3. The van der Waals surface area contributed by atoms with Crippen molar-refractivity contribution in [1.29, 1.82) is 0 Å². The summed E-state index contributed by atoms with van der Waals surface area (Å²) in [6, 6.07) is 4.47. The molecule has 0 radical (unpaired) electrons. The average molecular weight is 388 g/mol. The van der Waals surface area contributed by atoms with Gasteiger partial charge in [-0.25, -0.2) is 0 Å². The van der Waals surface area contributed by atoms with Gasteiger partial charge in [0.15, 0.2) is 0 Å². The maximum absolute atomic E-state index is 10.5. The van der Waals surface area contributed by atoms with Crippen molar-refractivity contribution in [3.8, 4) is 5.75 Å². The summed E-state index contributed by atoms with van der Waals surface area (Å²) >= 11 is 0. The summed E-state index contributed by atoms with van der Waals surface area (Å²) in [5.74, 6) is 3.30. The molecule has 3 nitrogen and oxygen atoms in total. The first-order valence-corrected chi connectivity index (χ1v) is 12.8. The minimum absolute atomic E-state index is 0.0830. The third kappa shape index (κ3) is 3.96. The molecule has 4 rings (SSSR count). The summed E-state index contributed by atoms with van der Waals surface area (Å²) < 4.78 is 6.12. The van der Waals surface area contributed by atoms with E-state index in [0.29, 0.717) is 11.8 Å². The Morgan fingerprint density at radius 1 is 1.26 bits per heavy atom. The monoisotopic (exact) mass is 387 g/mol. The summed E-state index contributed by atoms with van der Waals surface area (Å²) in [5.41, 5.74) is 2.68. The van der Waals surface area contributed by atoms with Crippen LogP contribution in [0.3, 0.4) is 0 Å². The fraction of sp³-hybridized carbons (Fsp3) is 0.625. The molecule has 1 aromatic carbocycles. The molecule has 0 aromatic heterocycles.